The Balaban J connectivity index is 1.62. The van der Waals surface area contributed by atoms with E-state index in [-0.39, 0.29) is 18.3 Å². The fourth-order valence-electron chi connectivity index (χ4n) is 2.83. The van der Waals surface area contributed by atoms with Crippen LogP contribution in [0, 0.1) is 5.53 Å². The zero-order valence-electron chi connectivity index (χ0n) is 14.9. The summed E-state index contributed by atoms with van der Waals surface area (Å²) in [6.07, 6.45) is 1.44. The van der Waals surface area contributed by atoms with Crippen molar-refractivity contribution in [3.63, 3.8) is 0 Å². The highest BCUT2D eigenvalue weighted by Crippen LogP contribution is 2.32. The summed E-state index contributed by atoms with van der Waals surface area (Å²) in [4.78, 5) is 20.2. The van der Waals surface area contributed by atoms with Gasteiger partial charge < -0.3 is 20.1 Å². The first-order chi connectivity index (χ1) is 13.7. The molecule has 0 saturated carbocycles. The molecule has 9 heteroatoms. The molecule has 3 N–H and O–H groups in total. The van der Waals surface area contributed by atoms with Crippen LogP contribution in [0.4, 0.5) is 28.8 Å². The normalized spacial score (nSPS) is 12.1. The molecule has 1 aliphatic rings. The van der Waals surface area contributed by atoms with Crippen molar-refractivity contribution in [1.82, 2.24) is 9.97 Å². The molecule has 2 heterocycles. The van der Waals surface area contributed by atoms with Gasteiger partial charge in [0.2, 0.25) is 5.95 Å². The molecule has 4 rings (SSSR count). The number of carbonyl (C=O) groups is 1. The summed E-state index contributed by atoms with van der Waals surface area (Å²) in [6, 6.07) is 12.6. The Bertz CT molecular complexity index is 1070. The lowest BCUT2D eigenvalue weighted by Crippen LogP contribution is -2.02. The first-order valence-corrected chi connectivity index (χ1v) is 8.39. The minimum atomic E-state index is -0.317. The zero-order valence-corrected chi connectivity index (χ0v) is 14.9. The molecular weight excluding hydrogens is 360 g/mol. The molecule has 0 radical (unpaired) electrons. The number of nitrogens with one attached hydrogen (secondary N) is 3. The number of anilines is 4. The van der Waals surface area contributed by atoms with E-state index in [9.17, 15) is 4.79 Å². The zero-order chi connectivity index (χ0) is 19.5. The van der Waals surface area contributed by atoms with Gasteiger partial charge in [0.1, 0.15) is 18.0 Å². The number of nitrogens with zero attached hydrogens (tertiary/aromatic N) is 3. The highest BCUT2D eigenvalue weighted by Gasteiger charge is 2.21. The molecule has 2 aromatic carbocycles. The highest BCUT2D eigenvalue weighted by atomic mass is 16.5. The Hall–Kier alpha value is -4.01. The molecular formula is C19H16N6O3. The second-order valence-corrected chi connectivity index (χ2v) is 5.94. The van der Waals surface area contributed by atoms with E-state index < -0.39 is 0 Å². The van der Waals surface area contributed by atoms with Gasteiger partial charge in [-0.1, -0.05) is 12.1 Å². The molecule has 0 spiro atoms. The Labute approximate surface area is 160 Å². The Morgan fingerprint density at radius 1 is 1.21 bits per heavy atom. The summed E-state index contributed by atoms with van der Waals surface area (Å²) < 4.78 is 10.3. The van der Waals surface area contributed by atoms with Crippen LogP contribution in [0.1, 0.15) is 15.9 Å². The fourth-order valence-corrected chi connectivity index (χ4v) is 2.83. The lowest BCUT2D eigenvalue weighted by atomic mass is 10.1. The number of hydrogen-bond acceptors (Lipinski definition) is 9. The topological polar surface area (TPSA) is 122 Å². The summed E-state index contributed by atoms with van der Waals surface area (Å²) in [5, 5.41) is 9.68. The van der Waals surface area contributed by atoms with Gasteiger partial charge in [0, 0.05) is 11.3 Å². The molecule has 1 aliphatic heterocycles. The number of para-hydroxylation sites is 2. The molecule has 0 saturated heterocycles. The first kappa shape index (κ1) is 17.4. The standard InChI is InChI=1S/C19H16N6O3/c1-27-16-5-3-2-4-14(16)23-17-15(25-20)9-21-19(24-17)22-12-6-7-13-11(8-12)10-28-18(13)26/h2-9,20H,10H2,1H3,(H2,21,22,23,24). The second-order valence-electron chi connectivity index (χ2n) is 5.94. The third-order valence-electron chi connectivity index (χ3n) is 4.19. The molecule has 0 bridgehead atoms. The van der Waals surface area contributed by atoms with Crippen molar-refractivity contribution in [2.75, 3.05) is 17.7 Å². The van der Waals surface area contributed by atoms with Crippen molar-refractivity contribution in [3.8, 4) is 5.75 Å². The van der Waals surface area contributed by atoms with Gasteiger partial charge in [-0.05, 0) is 30.3 Å². The maximum Gasteiger partial charge on any atom is 0.338 e. The van der Waals surface area contributed by atoms with Gasteiger partial charge in [-0.15, -0.1) is 0 Å². The van der Waals surface area contributed by atoms with Crippen LogP contribution in [-0.2, 0) is 11.3 Å². The van der Waals surface area contributed by atoms with Crippen molar-refractivity contribution in [3.05, 3.63) is 59.8 Å². The van der Waals surface area contributed by atoms with E-state index in [4.69, 9.17) is 15.0 Å². The first-order valence-electron chi connectivity index (χ1n) is 8.39. The van der Waals surface area contributed by atoms with Crippen molar-refractivity contribution in [1.29, 1.82) is 5.53 Å². The molecule has 0 atom stereocenters. The molecule has 3 aromatic rings. The molecule has 0 fully saturated rings. The number of hydrogen-bond donors (Lipinski definition) is 3. The van der Waals surface area contributed by atoms with Crippen LogP contribution in [-0.4, -0.2) is 23.0 Å². The number of esters is 1. The SMILES string of the molecule is COc1ccccc1Nc1nc(Nc2ccc3c(c2)COC3=O)ncc1N=N. The highest BCUT2D eigenvalue weighted by molar-refractivity contribution is 5.94. The molecule has 0 unspecified atom stereocenters. The fraction of sp³-hybridized carbons (Fsp3) is 0.105. The Kier molecular flexibility index (Phi) is 4.55. The van der Waals surface area contributed by atoms with Crippen LogP contribution < -0.4 is 15.4 Å². The summed E-state index contributed by atoms with van der Waals surface area (Å²) in [6.45, 7) is 0.252. The molecule has 0 amide bonds. The van der Waals surface area contributed by atoms with Gasteiger partial charge in [-0.25, -0.2) is 15.3 Å². The lowest BCUT2D eigenvalue weighted by molar-refractivity contribution is 0.0535. The van der Waals surface area contributed by atoms with Crippen molar-refractivity contribution < 1.29 is 14.3 Å². The lowest BCUT2D eigenvalue weighted by Gasteiger charge is -2.13. The van der Waals surface area contributed by atoms with Gasteiger partial charge >= 0.3 is 5.97 Å². The van der Waals surface area contributed by atoms with Crippen LogP contribution in [0.25, 0.3) is 0 Å². The van der Waals surface area contributed by atoms with Crippen LogP contribution in [0.5, 0.6) is 5.75 Å². The van der Waals surface area contributed by atoms with E-state index in [0.717, 1.165) is 11.3 Å². The number of ether oxygens (including phenoxy) is 2. The third-order valence-corrected chi connectivity index (χ3v) is 4.19. The summed E-state index contributed by atoms with van der Waals surface area (Å²) in [5.41, 5.74) is 10.4. The average molecular weight is 376 g/mol. The van der Waals surface area contributed by atoms with Crippen molar-refractivity contribution in [2.45, 2.75) is 6.61 Å². The molecule has 140 valence electrons. The van der Waals surface area contributed by atoms with E-state index in [1.165, 1.54) is 6.20 Å². The van der Waals surface area contributed by atoms with Gasteiger partial charge in [0.15, 0.2) is 5.82 Å². The van der Waals surface area contributed by atoms with Gasteiger partial charge in [-0.2, -0.15) is 10.1 Å². The number of cyclic esters (lactones) is 1. The maximum absolute atomic E-state index is 11.6. The number of fused-ring (bicyclic) bond motifs is 1. The van der Waals surface area contributed by atoms with Gasteiger partial charge in [0.25, 0.3) is 0 Å². The van der Waals surface area contributed by atoms with Gasteiger partial charge in [-0.3, -0.25) is 0 Å². The van der Waals surface area contributed by atoms with E-state index in [0.29, 0.717) is 28.8 Å². The monoisotopic (exact) mass is 376 g/mol. The Morgan fingerprint density at radius 2 is 2.07 bits per heavy atom. The minimum Gasteiger partial charge on any atom is -0.495 e. The van der Waals surface area contributed by atoms with E-state index in [2.05, 4.69) is 25.7 Å². The van der Waals surface area contributed by atoms with E-state index >= 15 is 0 Å². The van der Waals surface area contributed by atoms with Crippen LogP contribution in [0.3, 0.4) is 0 Å². The average Bonchev–Trinajstić information content (AvgIpc) is 3.09. The summed E-state index contributed by atoms with van der Waals surface area (Å²) in [7, 11) is 1.57. The molecule has 9 nitrogen and oxygen atoms in total. The van der Waals surface area contributed by atoms with Crippen LogP contribution in [0.2, 0.25) is 0 Å². The van der Waals surface area contributed by atoms with E-state index in [1.807, 2.05) is 30.3 Å². The third kappa shape index (κ3) is 3.32. The predicted octanol–water partition coefficient (Wildman–Crippen LogP) is 4.31. The van der Waals surface area contributed by atoms with Crippen molar-refractivity contribution >= 4 is 34.8 Å². The molecule has 28 heavy (non-hydrogen) atoms. The predicted molar refractivity (Wildman–Crippen MR) is 102 cm³/mol. The van der Waals surface area contributed by atoms with Gasteiger partial charge in [0.05, 0.1) is 24.6 Å². The number of methoxy groups -OCH3 is 1. The quantitative estimate of drug-likeness (QED) is 0.433. The van der Waals surface area contributed by atoms with E-state index in [1.54, 1.807) is 19.2 Å². The molecule has 0 aliphatic carbocycles. The van der Waals surface area contributed by atoms with Crippen LogP contribution in [0.15, 0.2) is 53.8 Å². The maximum atomic E-state index is 11.6. The second kappa shape index (κ2) is 7.31. The largest absolute Gasteiger partial charge is 0.495 e. The number of rotatable bonds is 6. The summed E-state index contributed by atoms with van der Waals surface area (Å²) in [5.74, 6) is 0.990. The molecule has 1 aromatic heterocycles. The number of benzene rings is 2. The Morgan fingerprint density at radius 3 is 2.89 bits per heavy atom. The van der Waals surface area contributed by atoms with Crippen LogP contribution >= 0.6 is 0 Å². The smallest absolute Gasteiger partial charge is 0.338 e. The number of aromatic nitrogens is 2. The summed E-state index contributed by atoms with van der Waals surface area (Å²) >= 11 is 0. The minimum absolute atomic E-state index is 0.252. The van der Waals surface area contributed by atoms with Crippen molar-refractivity contribution in [2.24, 2.45) is 5.11 Å². The number of carbonyl (C=O) groups excluding carboxylic acids is 1.